The number of rotatable bonds is 3. The van der Waals surface area contributed by atoms with Gasteiger partial charge >= 0.3 is 0 Å². The van der Waals surface area contributed by atoms with Gasteiger partial charge in [-0.3, -0.25) is 4.79 Å². The number of nitrogen functional groups attached to an aromatic ring is 1. The fourth-order valence-electron chi connectivity index (χ4n) is 2.07. The molecule has 21 heavy (non-hydrogen) atoms. The molecule has 0 aliphatic carbocycles. The van der Waals surface area contributed by atoms with Crippen molar-refractivity contribution in [1.29, 1.82) is 0 Å². The molecular weight excluding hydrogens is 266 g/mol. The van der Waals surface area contributed by atoms with Gasteiger partial charge in [0.05, 0.1) is 0 Å². The standard InChI is InChI=1S/C15H15N5O/c1-2-14(21)17-12-6-3-10(4-7-12)11-5-8-13-18-15(16)19-20(13)9-11/h3-9H,2H2,1H3,(H2,16,19)(H,17,21). The van der Waals surface area contributed by atoms with Crippen LogP contribution in [0, 0.1) is 0 Å². The molecule has 3 N–H and O–H groups in total. The van der Waals surface area contributed by atoms with Crippen LogP contribution in [-0.4, -0.2) is 20.5 Å². The van der Waals surface area contributed by atoms with Crippen LogP contribution >= 0.6 is 0 Å². The Balaban J connectivity index is 1.89. The van der Waals surface area contributed by atoms with Crippen LogP contribution in [0.4, 0.5) is 11.6 Å². The zero-order valence-corrected chi connectivity index (χ0v) is 11.6. The molecule has 0 bridgehead atoms. The molecule has 0 spiro atoms. The van der Waals surface area contributed by atoms with Crippen molar-refractivity contribution in [2.24, 2.45) is 0 Å². The minimum atomic E-state index is 0.00209. The minimum Gasteiger partial charge on any atom is -0.366 e. The minimum absolute atomic E-state index is 0.00209. The molecular formula is C15H15N5O. The first-order valence-corrected chi connectivity index (χ1v) is 6.68. The van der Waals surface area contributed by atoms with Gasteiger partial charge < -0.3 is 11.1 Å². The van der Waals surface area contributed by atoms with E-state index >= 15 is 0 Å². The van der Waals surface area contributed by atoms with Crippen LogP contribution in [0.3, 0.4) is 0 Å². The van der Waals surface area contributed by atoms with E-state index in [1.165, 1.54) is 0 Å². The predicted molar refractivity (Wildman–Crippen MR) is 81.8 cm³/mol. The number of carbonyl (C=O) groups is 1. The summed E-state index contributed by atoms with van der Waals surface area (Å²) in [4.78, 5) is 15.4. The summed E-state index contributed by atoms with van der Waals surface area (Å²) in [5, 5.41) is 6.91. The molecule has 0 saturated heterocycles. The summed E-state index contributed by atoms with van der Waals surface area (Å²) in [6, 6.07) is 11.5. The molecule has 0 aliphatic heterocycles. The van der Waals surface area contributed by atoms with Gasteiger partial charge in [0.25, 0.3) is 0 Å². The van der Waals surface area contributed by atoms with E-state index in [0.29, 0.717) is 12.1 Å². The van der Waals surface area contributed by atoms with E-state index in [9.17, 15) is 4.79 Å². The Morgan fingerprint density at radius 3 is 2.62 bits per heavy atom. The summed E-state index contributed by atoms with van der Waals surface area (Å²) >= 11 is 0. The van der Waals surface area contributed by atoms with E-state index < -0.39 is 0 Å². The molecule has 6 nitrogen and oxygen atoms in total. The molecule has 2 aromatic heterocycles. The van der Waals surface area contributed by atoms with Crippen molar-refractivity contribution in [3.8, 4) is 11.1 Å². The van der Waals surface area contributed by atoms with Crippen LogP contribution in [0.1, 0.15) is 13.3 Å². The van der Waals surface area contributed by atoms with Gasteiger partial charge in [0, 0.05) is 23.9 Å². The van der Waals surface area contributed by atoms with Crippen molar-refractivity contribution in [3.05, 3.63) is 42.6 Å². The molecule has 2 heterocycles. The fourth-order valence-corrected chi connectivity index (χ4v) is 2.07. The maximum atomic E-state index is 11.3. The van der Waals surface area contributed by atoms with E-state index in [1.54, 1.807) is 4.52 Å². The normalized spacial score (nSPS) is 10.7. The SMILES string of the molecule is CCC(=O)Nc1ccc(-c2ccc3nc(N)nn3c2)cc1. The molecule has 1 aromatic carbocycles. The molecule has 3 aromatic rings. The van der Waals surface area contributed by atoms with Gasteiger partial charge in [0.2, 0.25) is 11.9 Å². The number of carbonyl (C=O) groups excluding carboxylic acids is 1. The Morgan fingerprint density at radius 2 is 1.90 bits per heavy atom. The highest BCUT2D eigenvalue weighted by Crippen LogP contribution is 2.22. The summed E-state index contributed by atoms with van der Waals surface area (Å²) in [5.74, 6) is 0.257. The van der Waals surface area contributed by atoms with Crippen molar-refractivity contribution >= 4 is 23.2 Å². The molecule has 3 rings (SSSR count). The van der Waals surface area contributed by atoms with Gasteiger partial charge in [0.1, 0.15) is 0 Å². The average Bonchev–Trinajstić information content (AvgIpc) is 2.87. The highest BCUT2D eigenvalue weighted by molar-refractivity contribution is 5.90. The van der Waals surface area contributed by atoms with E-state index in [1.807, 2.05) is 49.5 Å². The van der Waals surface area contributed by atoms with Crippen LogP contribution in [0.5, 0.6) is 0 Å². The van der Waals surface area contributed by atoms with Crippen LogP contribution < -0.4 is 11.1 Å². The first kappa shape index (κ1) is 13.1. The zero-order valence-electron chi connectivity index (χ0n) is 11.6. The third kappa shape index (κ3) is 2.69. The Kier molecular flexibility index (Phi) is 3.27. The molecule has 0 radical (unpaired) electrons. The smallest absolute Gasteiger partial charge is 0.240 e. The number of nitrogens with one attached hydrogen (secondary N) is 1. The topological polar surface area (TPSA) is 85.3 Å². The number of nitrogens with zero attached hydrogens (tertiary/aromatic N) is 3. The quantitative estimate of drug-likeness (QED) is 0.771. The molecule has 0 unspecified atom stereocenters. The van der Waals surface area contributed by atoms with E-state index in [0.717, 1.165) is 16.8 Å². The maximum Gasteiger partial charge on any atom is 0.240 e. The summed E-state index contributed by atoms with van der Waals surface area (Å²) in [5.41, 5.74) is 9.10. The Bertz CT molecular complexity index is 791. The van der Waals surface area contributed by atoms with Gasteiger partial charge in [-0.1, -0.05) is 19.1 Å². The van der Waals surface area contributed by atoms with Crippen LogP contribution in [0.25, 0.3) is 16.8 Å². The average molecular weight is 281 g/mol. The van der Waals surface area contributed by atoms with Crippen LogP contribution in [0.15, 0.2) is 42.6 Å². The number of anilines is 2. The van der Waals surface area contributed by atoms with Crippen molar-refractivity contribution < 1.29 is 4.79 Å². The van der Waals surface area contributed by atoms with Crippen LogP contribution in [0.2, 0.25) is 0 Å². The lowest BCUT2D eigenvalue weighted by molar-refractivity contribution is -0.115. The van der Waals surface area contributed by atoms with E-state index in [2.05, 4.69) is 15.4 Å². The van der Waals surface area contributed by atoms with Crippen molar-refractivity contribution in [1.82, 2.24) is 14.6 Å². The molecule has 0 aliphatic rings. The van der Waals surface area contributed by atoms with Gasteiger partial charge in [-0.15, -0.1) is 5.10 Å². The zero-order chi connectivity index (χ0) is 14.8. The number of hydrogen-bond acceptors (Lipinski definition) is 4. The third-order valence-corrected chi connectivity index (χ3v) is 3.17. The number of benzene rings is 1. The molecule has 1 amide bonds. The summed E-state index contributed by atoms with van der Waals surface area (Å²) in [6.07, 6.45) is 2.34. The Labute approximate surface area is 121 Å². The summed E-state index contributed by atoms with van der Waals surface area (Å²) in [7, 11) is 0. The highest BCUT2D eigenvalue weighted by Gasteiger charge is 2.04. The van der Waals surface area contributed by atoms with Gasteiger partial charge in [-0.2, -0.15) is 4.98 Å². The fraction of sp³-hybridized carbons (Fsp3) is 0.133. The molecule has 6 heteroatoms. The Hall–Kier alpha value is -2.89. The number of aromatic nitrogens is 3. The van der Waals surface area contributed by atoms with Crippen molar-refractivity contribution in [3.63, 3.8) is 0 Å². The lowest BCUT2D eigenvalue weighted by Gasteiger charge is -2.06. The first-order chi connectivity index (χ1) is 10.2. The van der Waals surface area contributed by atoms with Crippen molar-refractivity contribution in [2.75, 3.05) is 11.1 Å². The number of nitrogens with two attached hydrogens (primary N) is 1. The monoisotopic (exact) mass is 281 g/mol. The number of amides is 1. The van der Waals surface area contributed by atoms with Gasteiger partial charge in [0.15, 0.2) is 5.65 Å². The van der Waals surface area contributed by atoms with E-state index in [-0.39, 0.29) is 11.9 Å². The largest absolute Gasteiger partial charge is 0.366 e. The van der Waals surface area contributed by atoms with Crippen molar-refractivity contribution in [2.45, 2.75) is 13.3 Å². The summed E-state index contributed by atoms with van der Waals surface area (Å²) < 4.78 is 1.65. The first-order valence-electron chi connectivity index (χ1n) is 6.68. The maximum absolute atomic E-state index is 11.3. The number of fused-ring (bicyclic) bond motifs is 1. The molecule has 0 saturated carbocycles. The lowest BCUT2D eigenvalue weighted by atomic mass is 10.1. The van der Waals surface area contributed by atoms with Gasteiger partial charge in [-0.05, 0) is 29.8 Å². The second-order valence-corrected chi connectivity index (χ2v) is 4.67. The second kappa shape index (κ2) is 5.24. The number of pyridine rings is 1. The molecule has 0 atom stereocenters. The molecule has 0 fully saturated rings. The highest BCUT2D eigenvalue weighted by atomic mass is 16.1. The van der Waals surface area contributed by atoms with Gasteiger partial charge in [-0.25, -0.2) is 4.52 Å². The molecule has 106 valence electrons. The summed E-state index contributed by atoms with van der Waals surface area (Å²) in [6.45, 7) is 1.82. The number of hydrogen-bond donors (Lipinski definition) is 2. The predicted octanol–water partition coefficient (Wildman–Crippen LogP) is 2.33. The lowest BCUT2D eigenvalue weighted by Crippen LogP contribution is -2.08. The van der Waals surface area contributed by atoms with E-state index in [4.69, 9.17) is 5.73 Å². The van der Waals surface area contributed by atoms with Crippen LogP contribution in [-0.2, 0) is 4.79 Å². The Morgan fingerprint density at radius 1 is 1.19 bits per heavy atom. The third-order valence-electron chi connectivity index (χ3n) is 3.17. The second-order valence-electron chi connectivity index (χ2n) is 4.67.